The second kappa shape index (κ2) is 8.26. The van der Waals surface area contributed by atoms with Crippen molar-refractivity contribution in [3.63, 3.8) is 0 Å². The number of nitrogens with one attached hydrogen (secondary N) is 2. The number of nitrogens with zero attached hydrogens (tertiary/aromatic N) is 2. The predicted molar refractivity (Wildman–Crippen MR) is 118 cm³/mol. The summed E-state index contributed by atoms with van der Waals surface area (Å²) in [5, 5.41) is 6.22. The molecule has 4 heterocycles. The van der Waals surface area contributed by atoms with Gasteiger partial charge >= 0.3 is 0 Å². The van der Waals surface area contributed by atoms with Crippen molar-refractivity contribution in [2.45, 2.75) is 31.6 Å². The molecule has 0 saturated carbocycles. The van der Waals surface area contributed by atoms with E-state index in [4.69, 9.17) is 4.42 Å². The van der Waals surface area contributed by atoms with Crippen molar-refractivity contribution in [3.8, 4) is 0 Å². The molecule has 0 bridgehead atoms. The summed E-state index contributed by atoms with van der Waals surface area (Å²) in [6.07, 6.45) is 7.61. The summed E-state index contributed by atoms with van der Waals surface area (Å²) in [6, 6.07) is 12.8. The molecule has 0 radical (unpaired) electrons. The fourth-order valence-electron chi connectivity index (χ4n) is 4.57. The van der Waals surface area contributed by atoms with Gasteiger partial charge < -0.3 is 15.1 Å². The SMILES string of the molecule is CC1=C(C(=O)Nc2ccccn2)[C@H](c2cccnc2)C2=C(C[C@H](c3ccco3)CC2=O)N1. The molecule has 160 valence electrons. The molecular weight excluding hydrogens is 404 g/mol. The zero-order valence-electron chi connectivity index (χ0n) is 17.5. The number of amides is 1. The van der Waals surface area contributed by atoms with Crippen LogP contribution in [-0.4, -0.2) is 21.7 Å². The minimum absolute atomic E-state index is 0.00430. The van der Waals surface area contributed by atoms with Crippen molar-refractivity contribution in [2.75, 3.05) is 5.32 Å². The Morgan fingerprint density at radius 2 is 2.03 bits per heavy atom. The number of anilines is 1. The molecular formula is C25H22N4O3. The van der Waals surface area contributed by atoms with Crippen LogP contribution in [0.4, 0.5) is 5.82 Å². The highest BCUT2D eigenvalue weighted by Crippen LogP contribution is 2.45. The minimum atomic E-state index is -0.506. The monoisotopic (exact) mass is 426 g/mol. The van der Waals surface area contributed by atoms with Crippen LogP contribution in [0, 0.1) is 0 Å². The molecule has 0 saturated heterocycles. The highest BCUT2D eigenvalue weighted by atomic mass is 16.3. The van der Waals surface area contributed by atoms with Gasteiger partial charge in [0.25, 0.3) is 5.91 Å². The number of rotatable bonds is 4. The second-order valence-corrected chi connectivity index (χ2v) is 7.99. The summed E-state index contributed by atoms with van der Waals surface area (Å²) < 4.78 is 5.57. The maximum Gasteiger partial charge on any atom is 0.255 e. The van der Waals surface area contributed by atoms with Gasteiger partial charge in [-0.3, -0.25) is 14.6 Å². The topological polar surface area (TPSA) is 97.1 Å². The number of carbonyl (C=O) groups excluding carboxylic acids is 2. The molecule has 2 N–H and O–H groups in total. The maximum absolute atomic E-state index is 13.4. The molecule has 0 spiro atoms. The normalized spacial score (nSPS) is 20.6. The Morgan fingerprint density at radius 1 is 1.12 bits per heavy atom. The Morgan fingerprint density at radius 3 is 2.75 bits per heavy atom. The average Bonchev–Trinajstić information content (AvgIpc) is 3.34. The number of hydrogen-bond acceptors (Lipinski definition) is 6. The van der Waals surface area contributed by atoms with Crippen LogP contribution in [-0.2, 0) is 9.59 Å². The Balaban J connectivity index is 1.56. The van der Waals surface area contributed by atoms with Crippen molar-refractivity contribution in [1.82, 2.24) is 15.3 Å². The van der Waals surface area contributed by atoms with E-state index in [0.29, 0.717) is 35.5 Å². The Hall–Kier alpha value is -4.00. The van der Waals surface area contributed by atoms with Crippen LogP contribution in [0.25, 0.3) is 0 Å². The first-order valence-electron chi connectivity index (χ1n) is 10.5. The van der Waals surface area contributed by atoms with Gasteiger partial charge in [-0.25, -0.2) is 4.98 Å². The van der Waals surface area contributed by atoms with Gasteiger partial charge in [0, 0.05) is 59.4 Å². The van der Waals surface area contributed by atoms with Gasteiger partial charge in [0.1, 0.15) is 11.6 Å². The van der Waals surface area contributed by atoms with Crippen molar-refractivity contribution < 1.29 is 14.0 Å². The summed E-state index contributed by atoms with van der Waals surface area (Å²) >= 11 is 0. The number of carbonyl (C=O) groups is 2. The molecule has 0 fully saturated rings. The van der Waals surface area contributed by atoms with Crippen LogP contribution < -0.4 is 10.6 Å². The molecule has 2 aliphatic rings. The highest BCUT2D eigenvalue weighted by Gasteiger charge is 2.41. The summed E-state index contributed by atoms with van der Waals surface area (Å²) in [5.74, 6) is 0.420. The first kappa shape index (κ1) is 19.9. The Labute approximate surface area is 185 Å². The van der Waals surface area contributed by atoms with E-state index < -0.39 is 5.92 Å². The second-order valence-electron chi connectivity index (χ2n) is 7.99. The number of Topliss-reactive ketones (excluding diaryl/α,β-unsaturated/α-hetero) is 1. The molecule has 0 unspecified atom stereocenters. The van der Waals surface area contributed by atoms with Crippen LogP contribution in [0.5, 0.6) is 0 Å². The van der Waals surface area contributed by atoms with Crippen molar-refractivity contribution >= 4 is 17.5 Å². The molecule has 1 aliphatic heterocycles. The summed E-state index contributed by atoms with van der Waals surface area (Å²) in [6.45, 7) is 1.86. The van der Waals surface area contributed by atoms with E-state index in [9.17, 15) is 9.59 Å². The quantitative estimate of drug-likeness (QED) is 0.653. The Kier molecular flexibility index (Phi) is 5.15. The third-order valence-electron chi connectivity index (χ3n) is 5.94. The van der Waals surface area contributed by atoms with E-state index in [2.05, 4.69) is 20.6 Å². The lowest BCUT2D eigenvalue weighted by Crippen LogP contribution is -2.37. The van der Waals surface area contributed by atoms with Gasteiger partial charge in [0.05, 0.1) is 6.26 Å². The van der Waals surface area contributed by atoms with E-state index in [1.165, 1.54) is 0 Å². The molecule has 1 amide bonds. The van der Waals surface area contributed by atoms with Crippen molar-refractivity contribution in [3.05, 3.63) is 101 Å². The van der Waals surface area contributed by atoms with Crippen LogP contribution in [0.2, 0.25) is 0 Å². The molecule has 32 heavy (non-hydrogen) atoms. The van der Waals surface area contributed by atoms with Gasteiger partial charge in [-0.05, 0) is 49.2 Å². The maximum atomic E-state index is 13.4. The number of allylic oxidation sites excluding steroid dienone is 3. The first-order chi connectivity index (χ1) is 15.6. The number of furan rings is 1. The van der Waals surface area contributed by atoms with Crippen molar-refractivity contribution in [2.24, 2.45) is 0 Å². The number of ketones is 1. The zero-order valence-corrected chi connectivity index (χ0v) is 17.5. The van der Waals surface area contributed by atoms with Gasteiger partial charge in [-0.15, -0.1) is 0 Å². The summed E-state index contributed by atoms with van der Waals surface area (Å²) in [5.41, 5.74) is 3.46. The van der Waals surface area contributed by atoms with E-state index in [1.54, 1.807) is 37.0 Å². The van der Waals surface area contributed by atoms with Crippen LogP contribution in [0.1, 0.15) is 42.9 Å². The lowest BCUT2D eigenvalue weighted by atomic mass is 9.72. The first-order valence-corrected chi connectivity index (χ1v) is 10.5. The number of pyridine rings is 2. The molecule has 7 nitrogen and oxygen atoms in total. The molecule has 7 heteroatoms. The molecule has 2 atom stereocenters. The number of hydrogen-bond donors (Lipinski definition) is 2. The van der Waals surface area contributed by atoms with E-state index in [0.717, 1.165) is 17.0 Å². The van der Waals surface area contributed by atoms with E-state index >= 15 is 0 Å². The molecule has 1 aliphatic carbocycles. The minimum Gasteiger partial charge on any atom is -0.469 e. The van der Waals surface area contributed by atoms with E-state index in [1.807, 2.05) is 37.3 Å². The predicted octanol–water partition coefficient (Wildman–Crippen LogP) is 4.07. The number of aromatic nitrogens is 2. The van der Waals surface area contributed by atoms with E-state index in [-0.39, 0.29) is 17.6 Å². The fourth-order valence-corrected chi connectivity index (χ4v) is 4.57. The van der Waals surface area contributed by atoms with Crippen LogP contribution in [0.15, 0.2) is 94.3 Å². The third-order valence-corrected chi connectivity index (χ3v) is 5.94. The van der Waals surface area contributed by atoms with Gasteiger partial charge in [0.15, 0.2) is 5.78 Å². The summed E-state index contributed by atoms with van der Waals surface area (Å²) in [7, 11) is 0. The van der Waals surface area contributed by atoms with Gasteiger partial charge in [-0.1, -0.05) is 12.1 Å². The highest BCUT2D eigenvalue weighted by molar-refractivity contribution is 6.09. The third kappa shape index (κ3) is 3.62. The fraction of sp³-hybridized carbons (Fsp3) is 0.200. The molecule has 3 aromatic heterocycles. The zero-order chi connectivity index (χ0) is 22.1. The molecule has 3 aromatic rings. The largest absolute Gasteiger partial charge is 0.469 e. The molecule has 0 aromatic carbocycles. The standard InChI is InChI=1S/C25H22N4O3/c1-15-22(25(31)29-21-8-2-3-10-27-21)23(16-6-4-9-26-14-16)24-18(28-15)12-17(13-19(24)30)20-7-5-11-32-20/h2-11,14,17,23,28H,12-13H2,1H3,(H,27,29,31)/t17-,23-/m0/s1. The smallest absolute Gasteiger partial charge is 0.255 e. The Bertz CT molecular complexity index is 1210. The average molecular weight is 426 g/mol. The number of dihydropyridines is 1. The van der Waals surface area contributed by atoms with Crippen LogP contribution >= 0.6 is 0 Å². The van der Waals surface area contributed by atoms with Crippen molar-refractivity contribution in [1.29, 1.82) is 0 Å². The van der Waals surface area contributed by atoms with Gasteiger partial charge in [0.2, 0.25) is 0 Å². The van der Waals surface area contributed by atoms with Gasteiger partial charge in [-0.2, -0.15) is 0 Å². The lowest BCUT2D eigenvalue weighted by molar-refractivity contribution is -0.116. The van der Waals surface area contributed by atoms with Crippen LogP contribution in [0.3, 0.4) is 0 Å². The summed E-state index contributed by atoms with van der Waals surface area (Å²) in [4.78, 5) is 35.2. The lowest BCUT2D eigenvalue weighted by Gasteiger charge is -2.36. The molecule has 5 rings (SSSR count).